The summed E-state index contributed by atoms with van der Waals surface area (Å²) in [5, 5.41) is 2.96. The molecule has 0 radical (unpaired) electrons. The third kappa shape index (κ3) is 4.27. The summed E-state index contributed by atoms with van der Waals surface area (Å²) in [5.74, 6) is 0.151. The van der Waals surface area contributed by atoms with Crippen molar-refractivity contribution in [2.24, 2.45) is 0 Å². The smallest absolute Gasteiger partial charge is 0.220 e. The molecule has 0 aliphatic rings. The molecular formula is C13H19NOS. The highest BCUT2D eigenvalue weighted by atomic mass is 32.2. The van der Waals surface area contributed by atoms with Crippen molar-refractivity contribution in [3.8, 4) is 0 Å². The van der Waals surface area contributed by atoms with Crippen molar-refractivity contribution in [1.82, 2.24) is 5.32 Å². The lowest BCUT2D eigenvalue weighted by Crippen LogP contribution is -2.22. The van der Waals surface area contributed by atoms with Crippen LogP contribution < -0.4 is 5.32 Å². The highest BCUT2D eigenvalue weighted by molar-refractivity contribution is 7.98. The van der Waals surface area contributed by atoms with Crippen LogP contribution in [0.4, 0.5) is 0 Å². The van der Waals surface area contributed by atoms with E-state index < -0.39 is 0 Å². The maximum atomic E-state index is 11.5. The fourth-order valence-corrected chi connectivity index (χ4v) is 2.09. The molecule has 88 valence electrons. The summed E-state index contributed by atoms with van der Waals surface area (Å²) in [6.07, 6.45) is 4.72. The summed E-state index contributed by atoms with van der Waals surface area (Å²) in [4.78, 5) is 12.7. The van der Waals surface area contributed by atoms with Crippen LogP contribution in [0.1, 0.15) is 31.7 Å². The first kappa shape index (κ1) is 13.1. The first-order chi connectivity index (χ1) is 7.77. The summed E-state index contributed by atoms with van der Waals surface area (Å²) < 4.78 is 0. The van der Waals surface area contributed by atoms with E-state index in [1.165, 1.54) is 10.5 Å². The monoisotopic (exact) mass is 237 g/mol. The predicted octanol–water partition coefficient (Wildman–Crippen LogP) is 3.21. The van der Waals surface area contributed by atoms with E-state index in [-0.39, 0.29) is 5.91 Å². The molecular weight excluding hydrogens is 218 g/mol. The third-order valence-electron chi connectivity index (χ3n) is 2.43. The van der Waals surface area contributed by atoms with Gasteiger partial charge in [0.15, 0.2) is 0 Å². The Morgan fingerprint density at radius 1 is 1.38 bits per heavy atom. The van der Waals surface area contributed by atoms with Crippen LogP contribution in [0.5, 0.6) is 0 Å². The van der Waals surface area contributed by atoms with Crippen LogP contribution in [0.2, 0.25) is 0 Å². The van der Waals surface area contributed by atoms with Crippen LogP contribution in [0, 0.1) is 0 Å². The lowest BCUT2D eigenvalue weighted by Gasteiger charge is -2.08. The van der Waals surface area contributed by atoms with Gasteiger partial charge in [-0.2, -0.15) is 0 Å². The molecule has 1 aromatic carbocycles. The lowest BCUT2D eigenvalue weighted by atomic mass is 10.2. The average Bonchev–Trinajstić information content (AvgIpc) is 2.34. The molecule has 0 aliphatic heterocycles. The van der Waals surface area contributed by atoms with Crippen molar-refractivity contribution in [2.45, 2.75) is 37.6 Å². The van der Waals surface area contributed by atoms with E-state index in [1.807, 2.05) is 12.1 Å². The number of unbranched alkanes of at least 4 members (excludes halogenated alkanes) is 1. The van der Waals surface area contributed by atoms with Crippen LogP contribution in [-0.4, -0.2) is 12.2 Å². The molecule has 1 aromatic rings. The molecule has 0 fully saturated rings. The number of hydrogen-bond donors (Lipinski definition) is 1. The van der Waals surface area contributed by atoms with Crippen molar-refractivity contribution in [1.29, 1.82) is 0 Å². The Bertz CT molecular complexity index is 338. The number of benzene rings is 1. The Labute approximate surface area is 102 Å². The lowest BCUT2D eigenvalue weighted by molar-refractivity contribution is -0.121. The van der Waals surface area contributed by atoms with E-state index in [1.54, 1.807) is 11.8 Å². The first-order valence-corrected chi connectivity index (χ1v) is 6.89. The average molecular weight is 237 g/mol. The van der Waals surface area contributed by atoms with Crippen molar-refractivity contribution in [3.05, 3.63) is 29.8 Å². The summed E-state index contributed by atoms with van der Waals surface area (Å²) in [6.45, 7) is 2.73. The maximum Gasteiger partial charge on any atom is 0.220 e. The van der Waals surface area contributed by atoms with Crippen molar-refractivity contribution >= 4 is 17.7 Å². The van der Waals surface area contributed by atoms with E-state index in [2.05, 4.69) is 30.6 Å². The summed E-state index contributed by atoms with van der Waals surface area (Å²) >= 11 is 1.71. The Hall–Kier alpha value is -0.960. The van der Waals surface area contributed by atoms with Gasteiger partial charge < -0.3 is 5.32 Å². The van der Waals surface area contributed by atoms with Gasteiger partial charge in [-0.15, -0.1) is 11.8 Å². The molecule has 0 atom stereocenters. The minimum absolute atomic E-state index is 0.151. The number of amides is 1. The molecule has 1 amide bonds. The number of carbonyl (C=O) groups excluding carboxylic acids is 1. The molecule has 3 heteroatoms. The molecule has 0 spiro atoms. The molecule has 1 rings (SSSR count). The normalized spacial score (nSPS) is 10.1. The Morgan fingerprint density at radius 2 is 2.12 bits per heavy atom. The highest BCUT2D eigenvalue weighted by Gasteiger charge is 2.03. The number of carbonyl (C=O) groups is 1. The number of nitrogens with one attached hydrogen (secondary N) is 1. The zero-order valence-corrected chi connectivity index (χ0v) is 10.8. The van der Waals surface area contributed by atoms with E-state index in [0.29, 0.717) is 13.0 Å². The second-order valence-electron chi connectivity index (χ2n) is 3.69. The van der Waals surface area contributed by atoms with Gasteiger partial charge in [0, 0.05) is 17.9 Å². The molecule has 1 N–H and O–H groups in total. The minimum atomic E-state index is 0.151. The fourth-order valence-electron chi connectivity index (χ4n) is 1.47. The zero-order chi connectivity index (χ0) is 11.8. The van der Waals surface area contributed by atoms with Crippen molar-refractivity contribution in [3.63, 3.8) is 0 Å². The summed E-state index contributed by atoms with van der Waals surface area (Å²) in [5.41, 5.74) is 1.19. The van der Waals surface area contributed by atoms with E-state index in [4.69, 9.17) is 0 Å². The second-order valence-corrected chi connectivity index (χ2v) is 4.54. The highest BCUT2D eigenvalue weighted by Crippen LogP contribution is 2.19. The molecule has 0 unspecified atom stereocenters. The van der Waals surface area contributed by atoms with Gasteiger partial charge in [0.2, 0.25) is 5.91 Å². The van der Waals surface area contributed by atoms with Gasteiger partial charge in [-0.1, -0.05) is 31.5 Å². The van der Waals surface area contributed by atoms with Crippen LogP contribution >= 0.6 is 11.8 Å². The van der Waals surface area contributed by atoms with Crippen LogP contribution in [0.15, 0.2) is 29.2 Å². The topological polar surface area (TPSA) is 29.1 Å². The van der Waals surface area contributed by atoms with Gasteiger partial charge >= 0.3 is 0 Å². The van der Waals surface area contributed by atoms with E-state index >= 15 is 0 Å². The minimum Gasteiger partial charge on any atom is -0.352 e. The molecule has 0 bridgehead atoms. The fraction of sp³-hybridized carbons (Fsp3) is 0.462. The standard InChI is InChI=1S/C13H19NOS/c1-3-4-9-13(15)14-10-11-7-5-6-8-12(11)16-2/h5-8H,3-4,9-10H2,1-2H3,(H,14,15). The number of hydrogen-bond acceptors (Lipinski definition) is 2. The molecule has 0 aromatic heterocycles. The van der Waals surface area contributed by atoms with Crippen LogP contribution in [0.25, 0.3) is 0 Å². The summed E-state index contributed by atoms with van der Waals surface area (Å²) in [7, 11) is 0. The predicted molar refractivity (Wildman–Crippen MR) is 69.6 cm³/mol. The molecule has 0 saturated heterocycles. The van der Waals surface area contributed by atoms with Crippen LogP contribution in [0.3, 0.4) is 0 Å². The summed E-state index contributed by atoms with van der Waals surface area (Å²) in [6, 6.07) is 8.17. The zero-order valence-electron chi connectivity index (χ0n) is 9.95. The van der Waals surface area contributed by atoms with Crippen LogP contribution in [-0.2, 0) is 11.3 Å². The molecule has 0 heterocycles. The maximum absolute atomic E-state index is 11.5. The van der Waals surface area contributed by atoms with Crippen molar-refractivity contribution in [2.75, 3.05) is 6.26 Å². The SMILES string of the molecule is CCCCC(=O)NCc1ccccc1SC. The molecule has 16 heavy (non-hydrogen) atoms. The largest absolute Gasteiger partial charge is 0.352 e. The van der Waals surface area contributed by atoms with Gasteiger partial charge in [0.25, 0.3) is 0 Å². The van der Waals surface area contributed by atoms with Gasteiger partial charge in [-0.25, -0.2) is 0 Å². The molecule has 0 aliphatic carbocycles. The number of thioether (sulfide) groups is 1. The molecule has 0 saturated carbocycles. The van der Waals surface area contributed by atoms with E-state index in [0.717, 1.165) is 12.8 Å². The Kier molecular flexibility index (Phi) is 6.01. The van der Waals surface area contributed by atoms with Gasteiger partial charge in [0.1, 0.15) is 0 Å². The Morgan fingerprint density at radius 3 is 2.81 bits per heavy atom. The van der Waals surface area contributed by atoms with Gasteiger partial charge in [0.05, 0.1) is 0 Å². The van der Waals surface area contributed by atoms with E-state index in [9.17, 15) is 4.79 Å². The first-order valence-electron chi connectivity index (χ1n) is 5.66. The van der Waals surface area contributed by atoms with Crippen molar-refractivity contribution < 1.29 is 4.79 Å². The molecule has 2 nitrogen and oxygen atoms in total. The third-order valence-corrected chi connectivity index (χ3v) is 3.26. The van der Waals surface area contributed by atoms with Gasteiger partial charge in [-0.05, 0) is 24.3 Å². The quantitative estimate of drug-likeness (QED) is 0.770. The Balaban J connectivity index is 2.44. The van der Waals surface area contributed by atoms with Gasteiger partial charge in [-0.3, -0.25) is 4.79 Å². The second kappa shape index (κ2) is 7.34. The number of rotatable bonds is 6.